The molecule has 0 radical (unpaired) electrons. The van der Waals surface area contributed by atoms with Gasteiger partial charge in [0.2, 0.25) is 0 Å². The van der Waals surface area contributed by atoms with E-state index in [1.807, 2.05) is 26.0 Å². The Morgan fingerprint density at radius 2 is 1.40 bits per heavy atom. The van der Waals surface area contributed by atoms with E-state index in [1.165, 1.54) is 8.92 Å². The molecule has 2 rings (SSSR count). The van der Waals surface area contributed by atoms with Gasteiger partial charge in [0.05, 0.1) is 0 Å². The van der Waals surface area contributed by atoms with Crippen LogP contribution < -0.4 is 8.92 Å². The van der Waals surface area contributed by atoms with Crippen LogP contribution in [0, 0.1) is 0 Å². The molecule has 0 saturated heterocycles. The minimum atomic E-state index is -0.744. The van der Waals surface area contributed by atoms with E-state index in [0.717, 1.165) is 4.47 Å². The van der Waals surface area contributed by atoms with Crippen LogP contribution in [0.2, 0.25) is 0 Å². The normalized spacial score (nSPS) is 12.4. The van der Waals surface area contributed by atoms with Crippen molar-refractivity contribution in [1.82, 2.24) is 0 Å². The molecule has 0 bridgehead atoms. The fourth-order valence-electron chi connectivity index (χ4n) is 1.53. The Labute approximate surface area is 133 Å². The van der Waals surface area contributed by atoms with E-state index in [9.17, 15) is 5.11 Å². The molecule has 0 saturated carbocycles. The molecule has 2 aromatic rings. The summed E-state index contributed by atoms with van der Waals surface area (Å²) in [4.78, 5) is 2.25. The molecule has 0 aliphatic carbocycles. The van der Waals surface area contributed by atoms with Gasteiger partial charge in [0, 0.05) is 0 Å². The van der Waals surface area contributed by atoms with E-state index in [2.05, 4.69) is 53.5 Å². The molecule has 1 N–H and O–H groups in total. The Balaban J connectivity index is 2.16. The maximum atomic E-state index is 10.4. The van der Waals surface area contributed by atoms with Crippen molar-refractivity contribution in [2.24, 2.45) is 0 Å². The molecule has 104 valence electrons. The summed E-state index contributed by atoms with van der Waals surface area (Å²) in [5, 5.41) is 10.4. The van der Waals surface area contributed by atoms with Crippen molar-refractivity contribution in [3.63, 3.8) is 0 Å². The predicted octanol–water partition coefficient (Wildman–Crippen LogP) is 1.66. The summed E-state index contributed by atoms with van der Waals surface area (Å²) in [6, 6.07) is 20.9. The number of hydrogen-bond donors (Lipinski definition) is 1. The molecule has 20 heavy (non-hydrogen) atoms. The summed E-state index contributed by atoms with van der Waals surface area (Å²) < 4.78 is 3.79. The van der Waals surface area contributed by atoms with Crippen molar-refractivity contribution in [2.75, 3.05) is 0 Å². The first-order chi connectivity index (χ1) is 9.55. The van der Waals surface area contributed by atoms with Gasteiger partial charge in [0.15, 0.2) is 0 Å². The Morgan fingerprint density at radius 1 is 0.900 bits per heavy atom. The maximum absolute atomic E-state index is 10.4. The van der Waals surface area contributed by atoms with Crippen molar-refractivity contribution >= 4 is 38.8 Å². The van der Waals surface area contributed by atoms with E-state index in [1.54, 1.807) is 0 Å². The molecule has 0 heterocycles. The molecule has 1 nitrogen and oxygen atoms in total. The van der Waals surface area contributed by atoms with Gasteiger partial charge in [-0.3, -0.25) is 0 Å². The van der Waals surface area contributed by atoms with Crippen LogP contribution in [0.3, 0.4) is 0 Å². The van der Waals surface area contributed by atoms with Gasteiger partial charge in [-0.25, -0.2) is 0 Å². The Hall–Kier alpha value is -0.821. The van der Waals surface area contributed by atoms with Gasteiger partial charge in [-0.2, -0.15) is 0 Å². The van der Waals surface area contributed by atoms with Crippen molar-refractivity contribution < 1.29 is 5.11 Å². The average molecular weight is 396 g/mol. The zero-order chi connectivity index (χ0) is 14.4. The number of hydrogen-bond acceptors (Lipinski definition) is 1. The summed E-state index contributed by atoms with van der Waals surface area (Å²) >= 11 is 0.448. The van der Waals surface area contributed by atoms with Crippen molar-refractivity contribution in [3.8, 4) is 0 Å². The fraction of sp³-hybridized carbons (Fsp3) is 0.176. The Kier molecular flexibility index (Phi) is 5.65. The topological polar surface area (TPSA) is 20.2 Å². The zero-order valence-corrected chi connectivity index (χ0v) is 15.0. The van der Waals surface area contributed by atoms with Crippen LogP contribution in [-0.4, -0.2) is 40.6 Å². The summed E-state index contributed by atoms with van der Waals surface area (Å²) in [5.41, 5.74) is -0.744. The van der Waals surface area contributed by atoms with E-state index >= 15 is 0 Å². The molecule has 0 unspecified atom stereocenters. The van der Waals surface area contributed by atoms with Gasteiger partial charge in [0.1, 0.15) is 0 Å². The number of benzene rings is 2. The van der Waals surface area contributed by atoms with Crippen molar-refractivity contribution in [3.05, 3.63) is 70.1 Å². The Bertz CT molecular complexity index is 557. The SMILES string of the molecule is CC(C)(O)/C(=C\[Se]c1ccccc1)[Se]c1ccccc1. The molecule has 0 fully saturated rings. The van der Waals surface area contributed by atoms with Gasteiger partial charge >= 0.3 is 134 Å². The van der Waals surface area contributed by atoms with Crippen molar-refractivity contribution in [1.29, 1.82) is 0 Å². The molecule has 2 aromatic carbocycles. The van der Waals surface area contributed by atoms with E-state index < -0.39 is 5.60 Å². The van der Waals surface area contributed by atoms with Crippen LogP contribution in [0.4, 0.5) is 0 Å². The van der Waals surface area contributed by atoms with Crippen molar-refractivity contribution in [2.45, 2.75) is 19.4 Å². The third-order valence-electron chi connectivity index (χ3n) is 2.62. The first-order valence-electron chi connectivity index (χ1n) is 6.43. The molecule has 0 amide bonds. The van der Waals surface area contributed by atoms with Crippen LogP contribution in [0.1, 0.15) is 13.8 Å². The van der Waals surface area contributed by atoms with Gasteiger partial charge in [-0.05, 0) is 0 Å². The monoisotopic (exact) mass is 398 g/mol. The van der Waals surface area contributed by atoms with Crippen LogP contribution >= 0.6 is 0 Å². The van der Waals surface area contributed by atoms with Crippen LogP contribution in [0.15, 0.2) is 70.1 Å². The second-order valence-corrected chi connectivity index (χ2v) is 9.21. The molecule has 0 aliphatic rings. The summed E-state index contributed by atoms with van der Waals surface area (Å²) in [6.45, 7) is 3.76. The zero-order valence-electron chi connectivity index (χ0n) is 11.6. The third kappa shape index (κ3) is 4.94. The van der Waals surface area contributed by atoms with Crippen LogP contribution in [0.5, 0.6) is 0 Å². The quantitative estimate of drug-likeness (QED) is 0.763. The summed E-state index contributed by atoms with van der Waals surface area (Å²) in [7, 11) is 0. The molecule has 0 atom stereocenters. The van der Waals surface area contributed by atoms with Crippen LogP contribution in [0.25, 0.3) is 0 Å². The predicted molar refractivity (Wildman–Crippen MR) is 88.0 cm³/mol. The molecular weight excluding hydrogens is 378 g/mol. The minimum absolute atomic E-state index is 0.177. The molecule has 0 spiro atoms. The first-order valence-corrected chi connectivity index (χ1v) is 9.99. The molecule has 0 aromatic heterocycles. The average Bonchev–Trinajstić information content (AvgIpc) is 2.44. The van der Waals surface area contributed by atoms with Crippen LogP contribution in [-0.2, 0) is 0 Å². The van der Waals surface area contributed by atoms with E-state index in [4.69, 9.17) is 0 Å². The van der Waals surface area contributed by atoms with E-state index in [-0.39, 0.29) is 29.9 Å². The van der Waals surface area contributed by atoms with E-state index in [0.29, 0.717) is 0 Å². The fourth-order valence-corrected chi connectivity index (χ4v) is 6.13. The summed E-state index contributed by atoms with van der Waals surface area (Å²) in [6.07, 6.45) is 0. The standard InChI is InChI=1S/C17H18OSe2/c1-17(2,18)16(20-15-11-7-4-8-12-15)13-19-14-9-5-3-6-10-14/h3-13,18H,1-2H3/b16-13+. The first kappa shape index (κ1) is 15.6. The Morgan fingerprint density at radius 3 is 1.90 bits per heavy atom. The van der Waals surface area contributed by atoms with Gasteiger partial charge in [-0.15, -0.1) is 0 Å². The third-order valence-corrected chi connectivity index (χ3v) is 8.08. The number of aliphatic hydroxyl groups is 1. The number of rotatable bonds is 5. The van der Waals surface area contributed by atoms with Gasteiger partial charge in [-0.1, -0.05) is 0 Å². The van der Waals surface area contributed by atoms with Gasteiger partial charge < -0.3 is 0 Å². The molecule has 0 aliphatic heterocycles. The second kappa shape index (κ2) is 7.26. The second-order valence-electron chi connectivity index (χ2n) is 4.89. The summed E-state index contributed by atoms with van der Waals surface area (Å²) in [5.74, 6) is 0. The molecular formula is C17H18OSe2. The molecule has 3 heteroatoms. The van der Waals surface area contributed by atoms with Gasteiger partial charge in [0.25, 0.3) is 0 Å².